The van der Waals surface area contributed by atoms with Gasteiger partial charge in [-0.15, -0.1) is 0 Å². The first-order chi connectivity index (χ1) is 11.7. The van der Waals surface area contributed by atoms with Crippen molar-refractivity contribution in [2.24, 2.45) is 5.14 Å². The lowest BCUT2D eigenvalue weighted by Crippen LogP contribution is -2.29. The molecule has 0 radical (unpaired) electrons. The Labute approximate surface area is 146 Å². The van der Waals surface area contributed by atoms with Crippen molar-refractivity contribution in [2.75, 3.05) is 10.6 Å². The molecule has 2 aromatic carbocycles. The molecular formula is C17H19N3O4S. The predicted octanol–water partition coefficient (Wildman–Crippen LogP) is 2.03. The summed E-state index contributed by atoms with van der Waals surface area (Å²) in [5.41, 5.74) is 1.91. The molecule has 0 aliphatic rings. The summed E-state index contributed by atoms with van der Waals surface area (Å²) in [4.78, 5) is 23.7. The van der Waals surface area contributed by atoms with Crippen LogP contribution in [0, 0.1) is 0 Å². The van der Waals surface area contributed by atoms with Gasteiger partial charge in [0.05, 0.1) is 4.90 Å². The average molecular weight is 361 g/mol. The summed E-state index contributed by atoms with van der Waals surface area (Å²) in [6.07, 6.45) is 0. The van der Waals surface area contributed by atoms with Gasteiger partial charge in [-0.3, -0.25) is 9.59 Å². The zero-order valence-corrected chi connectivity index (χ0v) is 14.6. The van der Waals surface area contributed by atoms with E-state index in [4.69, 9.17) is 5.14 Å². The zero-order valence-electron chi connectivity index (χ0n) is 13.8. The predicted molar refractivity (Wildman–Crippen MR) is 95.6 cm³/mol. The van der Waals surface area contributed by atoms with Gasteiger partial charge >= 0.3 is 11.8 Å². The molecule has 0 saturated heterocycles. The number of nitrogens with one attached hydrogen (secondary N) is 2. The molecule has 8 heteroatoms. The molecule has 132 valence electrons. The van der Waals surface area contributed by atoms with E-state index in [2.05, 4.69) is 24.5 Å². The van der Waals surface area contributed by atoms with Gasteiger partial charge in [0.2, 0.25) is 10.0 Å². The van der Waals surface area contributed by atoms with Crippen LogP contribution in [0.1, 0.15) is 25.3 Å². The van der Waals surface area contributed by atoms with Gasteiger partial charge < -0.3 is 10.6 Å². The third-order valence-corrected chi connectivity index (χ3v) is 4.41. The van der Waals surface area contributed by atoms with Crippen LogP contribution in [0.5, 0.6) is 0 Å². The fraction of sp³-hybridized carbons (Fsp3) is 0.176. The summed E-state index contributed by atoms with van der Waals surface area (Å²) in [5.74, 6) is -1.32. The Morgan fingerprint density at radius 3 is 1.60 bits per heavy atom. The number of carbonyl (C=O) groups excluding carboxylic acids is 2. The van der Waals surface area contributed by atoms with Crippen LogP contribution in [0.2, 0.25) is 0 Å². The molecule has 2 rings (SSSR count). The summed E-state index contributed by atoms with van der Waals surface area (Å²) in [6, 6.07) is 12.4. The van der Waals surface area contributed by atoms with Gasteiger partial charge in [0.1, 0.15) is 0 Å². The molecular weight excluding hydrogens is 342 g/mol. The third kappa shape index (κ3) is 5.13. The fourth-order valence-electron chi connectivity index (χ4n) is 2.06. The molecule has 0 unspecified atom stereocenters. The van der Waals surface area contributed by atoms with Crippen molar-refractivity contribution in [3.05, 3.63) is 54.1 Å². The van der Waals surface area contributed by atoms with Crippen LogP contribution in [0.15, 0.2) is 53.4 Å². The van der Waals surface area contributed by atoms with Crippen LogP contribution in [0.25, 0.3) is 0 Å². The molecule has 2 amide bonds. The van der Waals surface area contributed by atoms with Crippen molar-refractivity contribution in [3.63, 3.8) is 0 Å². The fourth-order valence-corrected chi connectivity index (χ4v) is 2.57. The standard InChI is InChI=1S/C17H19N3O4S/c1-11(2)12-3-5-13(6-4-12)19-16(21)17(22)20-14-7-9-15(10-8-14)25(18,23)24/h3-11H,1-2H3,(H,19,21)(H,20,22)(H2,18,23,24). The van der Waals surface area contributed by atoms with Crippen molar-refractivity contribution < 1.29 is 18.0 Å². The lowest BCUT2D eigenvalue weighted by molar-refractivity contribution is -0.132. The number of carbonyl (C=O) groups is 2. The molecule has 0 fully saturated rings. The van der Waals surface area contributed by atoms with Gasteiger partial charge in [-0.05, 0) is 47.9 Å². The monoisotopic (exact) mass is 361 g/mol. The zero-order chi connectivity index (χ0) is 18.6. The number of nitrogens with two attached hydrogens (primary N) is 1. The number of rotatable bonds is 4. The number of benzene rings is 2. The van der Waals surface area contributed by atoms with Gasteiger partial charge in [0.25, 0.3) is 0 Å². The van der Waals surface area contributed by atoms with Crippen molar-refractivity contribution in [3.8, 4) is 0 Å². The van der Waals surface area contributed by atoms with Crippen molar-refractivity contribution in [1.29, 1.82) is 0 Å². The summed E-state index contributed by atoms with van der Waals surface area (Å²) in [5, 5.41) is 9.87. The van der Waals surface area contributed by atoms with Crippen LogP contribution in [0.3, 0.4) is 0 Å². The number of anilines is 2. The van der Waals surface area contributed by atoms with Gasteiger partial charge in [-0.2, -0.15) is 0 Å². The second kappa shape index (κ2) is 7.45. The van der Waals surface area contributed by atoms with E-state index in [0.29, 0.717) is 11.6 Å². The number of hydrogen-bond donors (Lipinski definition) is 3. The van der Waals surface area contributed by atoms with E-state index >= 15 is 0 Å². The Balaban J connectivity index is 1.99. The molecule has 7 nitrogen and oxygen atoms in total. The van der Waals surface area contributed by atoms with Gasteiger partial charge in [-0.1, -0.05) is 26.0 Å². The third-order valence-electron chi connectivity index (χ3n) is 3.48. The van der Waals surface area contributed by atoms with Crippen molar-refractivity contribution in [2.45, 2.75) is 24.7 Å². The molecule has 0 bridgehead atoms. The molecule has 0 spiro atoms. The van der Waals surface area contributed by atoms with Crippen LogP contribution in [-0.4, -0.2) is 20.2 Å². The maximum absolute atomic E-state index is 11.9. The number of amides is 2. The molecule has 25 heavy (non-hydrogen) atoms. The maximum Gasteiger partial charge on any atom is 0.314 e. The second-order valence-electron chi connectivity index (χ2n) is 5.75. The Morgan fingerprint density at radius 1 is 0.840 bits per heavy atom. The Bertz CT molecular complexity index is 873. The summed E-state index contributed by atoms with van der Waals surface area (Å²) >= 11 is 0. The SMILES string of the molecule is CC(C)c1ccc(NC(=O)C(=O)Nc2ccc(S(N)(=O)=O)cc2)cc1. The average Bonchev–Trinajstić information content (AvgIpc) is 2.55. The van der Waals surface area contributed by atoms with E-state index in [1.165, 1.54) is 24.3 Å². The molecule has 0 saturated carbocycles. The molecule has 0 aliphatic carbocycles. The van der Waals surface area contributed by atoms with E-state index in [1.807, 2.05) is 12.1 Å². The van der Waals surface area contributed by atoms with Crippen LogP contribution in [-0.2, 0) is 19.6 Å². The highest BCUT2D eigenvalue weighted by atomic mass is 32.2. The lowest BCUT2D eigenvalue weighted by atomic mass is 10.0. The van der Waals surface area contributed by atoms with E-state index in [0.717, 1.165) is 5.56 Å². The van der Waals surface area contributed by atoms with E-state index in [1.54, 1.807) is 12.1 Å². The maximum atomic E-state index is 11.9. The Morgan fingerprint density at radius 2 is 1.24 bits per heavy atom. The van der Waals surface area contributed by atoms with E-state index in [9.17, 15) is 18.0 Å². The van der Waals surface area contributed by atoms with E-state index < -0.39 is 21.8 Å². The summed E-state index contributed by atoms with van der Waals surface area (Å²) in [6.45, 7) is 4.12. The van der Waals surface area contributed by atoms with Gasteiger partial charge in [0.15, 0.2) is 0 Å². The van der Waals surface area contributed by atoms with Crippen LogP contribution in [0.4, 0.5) is 11.4 Å². The number of primary sulfonamides is 1. The Hall–Kier alpha value is -2.71. The van der Waals surface area contributed by atoms with Crippen LogP contribution < -0.4 is 15.8 Å². The highest BCUT2D eigenvalue weighted by Crippen LogP contribution is 2.17. The highest BCUT2D eigenvalue weighted by Gasteiger charge is 2.15. The normalized spacial score (nSPS) is 11.2. The molecule has 0 heterocycles. The van der Waals surface area contributed by atoms with Crippen molar-refractivity contribution in [1.82, 2.24) is 0 Å². The molecule has 0 aliphatic heterocycles. The minimum absolute atomic E-state index is 0.0832. The largest absolute Gasteiger partial charge is 0.318 e. The Kier molecular flexibility index (Phi) is 5.55. The molecule has 0 aromatic heterocycles. The quantitative estimate of drug-likeness (QED) is 0.722. The van der Waals surface area contributed by atoms with Gasteiger partial charge in [-0.25, -0.2) is 13.6 Å². The number of hydrogen-bond acceptors (Lipinski definition) is 4. The first kappa shape index (κ1) is 18.6. The molecule has 0 atom stereocenters. The molecule has 4 N–H and O–H groups in total. The lowest BCUT2D eigenvalue weighted by Gasteiger charge is -2.09. The summed E-state index contributed by atoms with van der Waals surface area (Å²) < 4.78 is 22.3. The number of sulfonamides is 1. The second-order valence-corrected chi connectivity index (χ2v) is 7.32. The van der Waals surface area contributed by atoms with E-state index in [-0.39, 0.29) is 10.6 Å². The minimum Gasteiger partial charge on any atom is -0.318 e. The van der Waals surface area contributed by atoms with Crippen molar-refractivity contribution >= 4 is 33.2 Å². The van der Waals surface area contributed by atoms with Gasteiger partial charge in [0, 0.05) is 11.4 Å². The summed E-state index contributed by atoms with van der Waals surface area (Å²) in [7, 11) is -3.81. The first-order valence-electron chi connectivity index (χ1n) is 7.52. The smallest absolute Gasteiger partial charge is 0.314 e. The topological polar surface area (TPSA) is 118 Å². The minimum atomic E-state index is -3.81. The first-order valence-corrected chi connectivity index (χ1v) is 9.06. The molecule has 2 aromatic rings. The highest BCUT2D eigenvalue weighted by molar-refractivity contribution is 7.89. The van der Waals surface area contributed by atoms with Crippen LogP contribution >= 0.6 is 0 Å².